The number of benzene rings is 3. The molecule has 1 atom stereocenters. The molecule has 0 radical (unpaired) electrons. The molecule has 1 amide bonds. The van der Waals surface area contributed by atoms with Crippen molar-refractivity contribution in [1.29, 1.82) is 0 Å². The summed E-state index contributed by atoms with van der Waals surface area (Å²) in [6, 6.07) is 27.3. The molecule has 1 heterocycles. The van der Waals surface area contributed by atoms with Crippen molar-refractivity contribution in [2.45, 2.75) is 24.8 Å². The van der Waals surface area contributed by atoms with Crippen LogP contribution in [0, 0.1) is 0 Å². The number of likely N-dealkylation sites (N-methyl/N-ethyl adjacent to an activating group) is 1. The summed E-state index contributed by atoms with van der Waals surface area (Å²) in [6.45, 7) is 3.14. The van der Waals surface area contributed by atoms with Gasteiger partial charge in [-0.05, 0) is 53.7 Å². The summed E-state index contributed by atoms with van der Waals surface area (Å²) in [5.74, 6) is -0.0485. The van der Waals surface area contributed by atoms with E-state index in [0.717, 1.165) is 30.8 Å². The van der Waals surface area contributed by atoms with Gasteiger partial charge in [-0.15, -0.1) is 0 Å². The first-order valence-electron chi connectivity index (χ1n) is 11.0. The van der Waals surface area contributed by atoms with Gasteiger partial charge < -0.3 is 9.80 Å². The summed E-state index contributed by atoms with van der Waals surface area (Å²) in [5, 5.41) is 0. The summed E-state index contributed by atoms with van der Waals surface area (Å²) < 4.78 is 0. The van der Waals surface area contributed by atoms with Crippen molar-refractivity contribution < 1.29 is 4.79 Å². The molecule has 152 valence electrons. The van der Waals surface area contributed by atoms with E-state index in [9.17, 15) is 4.79 Å². The third-order valence-electron chi connectivity index (χ3n) is 6.71. The van der Waals surface area contributed by atoms with E-state index in [2.05, 4.69) is 65.6 Å². The number of hydrogen-bond acceptors (Lipinski definition) is 2. The van der Waals surface area contributed by atoms with Gasteiger partial charge in [-0.2, -0.15) is 0 Å². The monoisotopic (exact) mass is 396 g/mol. The average molecular weight is 397 g/mol. The molecule has 2 aliphatic rings. The van der Waals surface area contributed by atoms with Gasteiger partial charge in [0.05, 0.1) is 12.0 Å². The SMILES string of the molecule is CN(C(=O)C1c2ccccc2-c2ccccc21)[C@H](CN1CCCC1)c1ccccc1. The predicted octanol–water partition coefficient (Wildman–Crippen LogP) is 5.09. The predicted molar refractivity (Wildman–Crippen MR) is 121 cm³/mol. The number of carbonyl (C=O) groups is 1. The zero-order valence-corrected chi connectivity index (χ0v) is 17.5. The highest BCUT2D eigenvalue weighted by atomic mass is 16.2. The molecular formula is C27H28N2O. The lowest BCUT2D eigenvalue weighted by atomic mass is 9.94. The fraction of sp³-hybridized carbons (Fsp3) is 0.296. The standard InChI is InChI=1S/C27H28N2O/c1-28(25(19-29-17-9-10-18-29)20-11-3-2-4-12-20)27(30)26-23-15-7-5-13-21(23)22-14-6-8-16-24(22)26/h2-8,11-16,25-26H,9-10,17-19H2,1H3/t25-/m1/s1. The van der Waals surface area contributed by atoms with Crippen molar-refractivity contribution in [3.8, 4) is 11.1 Å². The van der Waals surface area contributed by atoms with Gasteiger partial charge in [0.2, 0.25) is 5.91 Å². The Bertz CT molecular complexity index is 994. The van der Waals surface area contributed by atoms with E-state index >= 15 is 0 Å². The van der Waals surface area contributed by atoms with Crippen molar-refractivity contribution in [2.24, 2.45) is 0 Å². The molecule has 30 heavy (non-hydrogen) atoms. The average Bonchev–Trinajstić information content (AvgIpc) is 3.43. The summed E-state index contributed by atoms with van der Waals surface area (Å²) in [4.78, 5) is 18.5. The molecule has 1 aliphatic carbocycles. The second-order valence-electron chi connectivity index (χ2n) is 8.49. The van der Waals surface area contributed by atoms with Gasteiger partial charge in [0.15, 0.2) is 0 Å². The molecule has 1 fully saturated rings. The third-order valence-corrected chi connectivity index (χ3v) is 6.71. The van der Waals surface area contributed by atoms with Crippen LogP contribution < -0.4 is 0 Å². The van der Waals surface area contributed by atoms with Crippen molar-refractivity contribution in [3.63, 3.8) is 0 Å². The fourth-order valence-corrected chi connectivity index (χ4v) is 5.12. The van der Waals surface area contributed by atoms with Gasteiger partial charge in [-0.25, -0.2) is 0 Å². The Hall–Kier alpha value is -2.91. The molecule has 5 rings (SSSR count). The maximum atomic E-state index is 14.0. The number of amides is 1. The maximum Gasteiger partial charge on any atom is 0.234 e. The minimum atomic E-state index is -0.229. The van der Waals surface area contributed by atoms with Crippen molar-refractivity contribution in [1.82, 2.24) is 9.80 Å². The van der Waals surface area contributed by atoms with Crippen molar-refractivity contribution >= 4 is 5.91 Å². The first-order chi connectivity index (χ1) is 14.7. The van der Waals surface area contributed by atoms with Crippen LogP contribution in [0.2, 0.25) is 0 Å². The number of carbonyl (C=O) groups excluding carboxylic acids is 1. The Morgan fingerprint density at radius 2 is 1.40 bits per heavy atom. The number of rotatable bonds is 5. The van der Waals surface area contributed by atoms with E-state index in [4.69, 9.17) is 0 Å². The maximum absolute atomic E-state index is 14.0. The number of likely N-dealkylation sites (tertiary alicyclic amines) is 1. The smallest absolute Gasteiger partial charge is 0.234 e. The topological polar surface area (TPSA) is 23.6 Å². The lowest BCUT2D eigenvalue weighted by Gasteiger charge is -2.34. The quantitative estimate of drug-likeness (QED) is 0.599. The summed E-state index contributed by atoms with van der Waals surface area (Å²) in [7, 11) is 1.99. The molecule has 3 heteroatoms. The van der Waals surface area contributed by atoms with Crippen LogP contribution in [-0.2, 0) is 4.79 Å². The largest absolute Gasteiger partial charge is 0.337 e. The molecule has 0 aromatic heterocycles. The first-order valence-corrected chi connectivity index (χ1v) is 11.0. The van der Waals surface area contributed by atoms with Crippen LogP contribution >= 0.6 is 0 Å². The summed E-state index contributed by atoms with van der Waals surface area (Å²) in [6.07, 6.45) is 2.51. The van der Waals surface area contributed by atoms with Gasteiger partial charge in [0.1, 0.15) is 0 Å². The Morgan fingerprint density at radius 3 is 2.00 bits per heavy atom. The Kier molecular flexibility index (Phi) is 5.14. The van der Waals surface area contributed by atoms with Crippen LogP contribution in [0.5, 0.6) is 0 Å². The van der Waals surface area contributed by atoms with E-state index in [0.29, 0.717) is 0 Å². The molecule has 0 unspecified atom stereocenters. The molecule has 3 aromatic rings. The molecule has 1 aliphatic heterocycles. The number of nitrogens with zero attached hydrogens (tertiary/aromatic N) is 2. The first kappa shape index (κ1) is 19.1. The molecule has 1 saturated heterocycles. The van der Waals surface area contributed by atoms with E-state index in [1.165, 1.54) is 29.5 Å². The molecule has 0 bridgehead atoms. The van der Waals surface area contributed by atoms with Gasteiger partial charge in [-0.1, -0.05) is 78.9 Å². The zero-order valence-electron chi connectivity index (χ0n) is 17.5. The highest BCUT2D eigenvalue weighted by molar-refractivity contribution is 5.96. The molecule has 3 aromatic carbocycles. The fourth-order valence-electron chi connectivity index (χ4n) is 5.12. The normalized spacial score (nSPS) is 16.8. The van der Waals surface area contributed by atoms with Crippen LogP contribution in [0.4, 0.5) is 0 Å². The highest BCUT2D eigenvalue weighted by Gasteiger charge is 2.37. The Morgan fingerprint density at radius 1 is 0.867 bits per heavy atom. The van der Waals surface area contributed by atoms with Crippen molar-refractivity contribution in [2.75, 3.05) is 26.7 Å². The Labute approximate surface area is 178 Å². The lowest BCUT2D eigenvalue weighted by molar-refractivity contribution is -0.133. The van der Waals surface area contributed by atoms with Gasteiger partial charge >= 0.3 is 0 Å². The van der Waals surface area contributed by atoms with Gasteiger partial charge in [-0.3, -0.25) is 4.79 Å². The van der Waals surface area contributed by atoms with Crippen LogP contribution in [0.25, 0.3) is 11.1 Å². The van der Waals surface area contributed by atoms with Gasteiger partial charge in [0, 0.05) is 13.6 Å². The third kappa shape index (κ3) is 3.33. The van der Waals surface area contributed by atoms with E-state index in [1.54, 1.807) is 0 Å². The molecule has 0 saturated carbocycles. The second-order valence-corrected chi connectivity index (χ2v) is 8.49. The van der Waals surface area contributed by atoms with Crippen molar-refractivity contribution in [3.05, 3.63) is 95.6 Å². The minimum absolute atomic E-state index is 0.0525. The number of hydrogen-bond donors (Lipinski definition) is 0. The van der Waals surface area contributed by atoms with E-state index in [1.807, 2.05) is 30.1 Å². The summed E-state index contributed by atoms with van der Waals surface area (Å²) in [5.41, 5.74) is 5.85. The van der Waals surface area contributed by atoms with Crippen LogP contribution in [-0.4, -0.2) is 42.4 Å². The summed E-state index contributed by atoms with van der Waals surface area (Å²) >= 11 is 0. The molecule has 3 nitrogen and oxygen atoms in total. The van der Waals surface area contributed by atoms with Gasteiger partial charge in [0.25, 0.3) is 0 Å². The van der Waals surface area contributed by atoms with Crippen LogP contribution in [0.15, 0.2) is 78.9 Å². The molecule has 0 N–H and O–H groups in total. The molecular weight excluding hydrogens is 368 g/mol. The highest BCUT2D eigenvalue weighted by Crippen LogP contribution is 2.45. The molecule has 0 spiro atoms. The second kappa shape index (κ2) is 8.08. The van der Waals surface area contributed by atoms with Crippen LogP contribution in [0.1, 0.15) is 41.5 Å². The minimum Gasteiger partial charge on any atom is -0.337 e. The lowest BCUT2D eigenvalue weighted by Crippen LogP contribution is -2.40. The van der Waals surface area contributed by atoms with E-state index < -0.39 is 0 Å². The zero-order chi connectivity index (χ0) is 20.5. The van der Waals surface area contributed by atoms with Crippen LogP contribution in [0.3, 0.4) is 0 Å². The Balaban J connectivity index is 1.51. The van der Waals surface area contributed by atoms with E-state index in [-0.39, 0.29) is 17.9 Å². The number of fused-ring (bicyclic) bond motifs is 3.